The second-order valence-electron chi connectivity index (χ2n) is 7.55. The Hall–Kier alpha value is -1.52. The Morgan fingerprint density at radius 2 is 2.08 bits per heavy atom. The van der Waals surface area contributed by atoms with E-state index in [1.54, 1.807) is 0 Å². The van der Waals surface area contributed by atoms with E-state index in [1.807, 2.05) is 0 Å². The first-order valence-corrected chi connectivity index (χ1v) is 8.59. The summed E-state index contributed by atoms with van der Waals surface area (Å²) in [5.41, 5.74) is 9.81. The molecule has 4 rings (SSSR count). The van der Waals surface area contributed by atoms with Gasteiger partial charge in [0, 0.05) is 41.6 Å². The molecular weight excluding hydrogens is 322 g/mol. The van der Waals surface area contributed by atoms with Crippen molar-refractivity contribution in [1.29, 1.82) is 0 Å². The summed E-state index contributed by atoms with van der Waals surface area (Å²) in [6.45, 7) is 5.25. The molecule has 4 nitrogen and oxygen atoms in total. The summed E-state index contributed by atoms with van der Waals surface area (Å²) in [5.74, 6) is 0.212. The smallest absolute Gasteiger partial charge is 0.221 e. The number of rotatable bonds is 2. The standard InChI is InChI=1S/C19H25N3O.ClH/c1-11(2)22-10-12-8-17-15(7-13(19(20)23)9-21(17)3)14-5-4-6-16(22)18(12)14;/h4-6,10-11,13,15,17H,7-9H2,1-3H3,(H2,20,23);1H/t13?,15-,17-;/m1./s1. The first kappa shape index (κ1) is 17.3. The van der Waals surface area contributed by atoms with Crippen molar-refractivity contribution in [1.82, 2.24) is 9.47 Å². The molecule has 1 amide bonds. The molecule has 1 fully saturated rings. The summed E-state index contributed by atoms with van der Waals surface area (Å²) in [5, 5.41) is 1.42. The third-order valence-corrected chi connectivity index (χ3v) is 5.83. The van der Waals surface area contributed by atoms with Crippen LogP contribution in [0, 0.1) is 5.92 Å². The second kappa shape index (κ2) is 6.08. The molecule has 130 valence electrons. The molecule has 1 saturated heterocycles. The number of benzene rings is 1. The molecule has 1 unspecified atom stereocenters. The summed E-state index contributed by atoms with van der Waals surface area (Å²) in [4.78, 5) is 14.1. The van der Waals surface area contributed by atoms with E-state index in [-0.39, 0.29) is 24.2 Å². The monoisotopic (exact) mass is 347 g/mol. The molecule has 2 N–H and O–H groups in total. The van der Waals surface area contributed by atoms with E-state index in [0.29, 0.717) is 18.0 Å². The van der Waals surface area contributed by atoms with Crippen LogP contribution in [0.5, 0.6) is 0 Å². The van der Waals surface area contributed by atoms with Gasteiger partial charge in [-0.2, -0.15) is 0 Å². The molecule has 0 radical (unpaired) electrons. The Bertz CT molecular complexity index is 782. The van der Waals surface area contributed by atoms with E-state index in [9.17, 15) is 4.79 Å². The van der Waals surface area contributed by atoms with Crippen molar-refractivity contribution in [2.45, 2.75) is 44.7 Å². The molecule has 2 aliphatic rings. The van der Waals surface area contributed by atoms with Crippen LogP contribution in [0.3, 0.4) is 0 Å². The lowest BCUT2D eigenvalue weighted by Crippen LogP contribution is -2.50. The van der Waals surface area contributed by atoms with Gasteiger partial charge in [0.1, 0.15) is 0 Å². The van der Waals surface area contributed by atoms with Crippen molar-refractivity contribution >= 4 is 29.2 Å². The topological polar surface area (TPSA) is 51.3 Å². The Balaban J connectivity index is 0.00000169. The zero-order valence-electron chi connectivity index (χ0n) is 14.5. The van der Waals surface area contributed by atoms with E-state index in [0.717, 1.165) is 19.4 Å². The molecule has 1 aliphatic heterocycles. The number of piperidine rings is 1. The number of halogens is 1. The molecule has 3 atom stereocenters. The summed E-state index contributed by atoms with van der Waals surface area (Å²) in [6, 6.07) is 7.58. The van der Waals surface area contributed by atoms with Crippen molar-refractivity contribution in [3.8, 4) is 0 Å². The number of aromatic nitrogens is 1. The number of nitrogens with zero attached hydrogens (tertiary/aromatic N) is 2. The normalized spacial score (nSPS) is 26.2. The lowest BCUT2D eigenvalue weighted by molar-refractivity contribution is -0.124. The van der Waals surface area contributed by atoms with Gasteiger partial charge in [0.2, 0.25) is 5.91 Å². The molecule has 24 heavy (non-hydrogen) atoms. The van der Waals surface area contributed by atoms with Crippen molar-refractivity contribution in [3.63, 3.8) is 0 Å². The quantitative estimate of drug-likeness (QED) is 0.907. The number of likely N-dealkylation sites (tertiary alicyclic amines) is 1. The predicted molar refractivity (Wildman–Crippen MR) is 99.7 cm³/mol. The van der Waals surface area contributed by atoms with Crippen LogP contribution in [0.15, 0.2) is 24.4 Å². The van der Waals surface area contributed by atoms with Gasteiger partial charge in [0.15, 0.2) is 0 Å². The van der Waals surface area contributed by atoms with E-state index >= 15 is 0 Å². The summed E-state index contributed by atoms with van der Waals surface area (Å²) in [6.07, 6.45) is 4.29. The highest BCUT2D eigenvalue weighted by Crippen LogP contribution is 2.45. The average molecular weight is 348 g/mol. The van der Waals surface area contributed by atoms with E-state index in [1.165, 1.54) is 22.0 Å². The first-order chi connectivity index (χ1) is 11.0. The van der Waals surface area contributed by atoms with E-state index in [2.05, 4.69) is 54.8 Å². The molecule has 0 spiro atoms. The highest BCUT2D eigenvalue weighted by Gasteiger charge is 2.41. The van der Waals surface area contributed by atoms with Gasteiger partial charge in [0.25, 0.3) is 0 Å². The minimum Gasteiger partial charge on any atom is -0.369 e. The number of fused-ring (bicyclic) bond motifs is 2. The van der Waals surface area contributed by atoms with Gasteiger partial charge in [-0.3, -0.25) is 4.79 Å². The molecule has 2 heterocycles. The fourth-order valence-electron chi connectivity index (χ4n) is 4.71. The van der Waals surface area contributed by atoms with Crippen molar-refractivity contribution < 1.29 is 4.79 Å². The van der Waals surface area contributed by atoms with Gasteiger partial charge >= 0.3 is 0 Å². The zero-order chi connectivity index (χ0) is 16.3. The van der Waals surface area contributed by atoms with Crippen molar-refractivity contribution in [3.05, 3.63) is 35.5 Å². The fraction of sp³-hybridized carbons (Fsp3) is 0.526. The van der Waals surface area contributed by atoms with Crippen LogP contribution in [0.25, 0.3) is 10.9 Å². The minimum atomic E-state index is -0.159. The Morgan fingerprint density at radius 3 is 2.75 bits per heavy atom. The Labute approximate surface area is 149 Å². The lowest BCUT2D eigenvalue weighted by atomic mass is 9.72. The van der Waals surface area contributed by atoms with Crippen LogP contribution in [0.1, 0.15) is 43.4 Å². The van der Waals surface area contributed by atoms with Gasteiger partial charge in [-0.05, 0) is 50.9 Å². The van der Waals surface area contributed by atoms with Crippen molar-refractivity contribution in [2.75, 3.05) is 13.6 Å². The minimum absolute atomic E-state index is 0. The largest absolute Gasteiger partial charge is 0.369 e. The number of primary amides is 1. The van der Waals surface area contributed by atoms with Gasteiger partial charge in [-0.25, -0.2) is 0 Å². The lowest BCUT2D eigenvalue weighted by Gasteiger charge is -2.44. The molecule has 2 aromatic rings. The van der Waals surface area contributed by atoms with Crippen LogP contribution >= 0.6 is 12.4 Å². The van der Waals surface area contributed by atoms with Crippen LogP contribution < -0.4 is 5.73 Å². The second-order valence-corrected chi connectivity index (χ2v) is 7.55. The third kappa shape index (κ3) is 2.44. The van der Waals surface area contributed by atoms with Gasteiger partial charge in [-0.15, -0.1) is 12.4 Å². The van der Waals surface area contributed by atoms with Crippen LogP contribution in [-0.4, -0.2) is 35.0 Å². The number of carbonyl (C=O) groups is 1. The molecule has 0 bridgehead atoms. The Kier molecular flexibility index (Phi) is 4.39. The third-order valence-electron chi connectivity index (χ3n) is 5.83. The number of hydrogen-bond donors (Lipinski definition) is 1. The van der Waals surface area contributed by atoms with Gasteiger partial charge in [-0.1, -0.05) is 12.1 Å². The van der Waals surface area contributed by atoms with Crippen LogP contribution in [0.4, 0.5) is 0 Å². The number of nitrogens with two attached hydrogens (primary N) is 1. The van der Waals surface area contributed by atoms with E-state index in [4.69, 9.17) is 5.73 Å². The molecular formula is C19H26ClN3O. The highest BCUT2D eigenvalue weighted by atomic mass is 35.5. The number of hydrogen-bond acceptors (Lipinski definition) is 2. The number of carbonyl (C=O) groups excluding carboxylic acids is 1. The fourth-order valence-corrected chi connectivity index (χ4v) is 4.71. The maximum atomic E-state index is 11.7. The first-order valence-electron chi connectivity index (χ1n) is 8.59. The maximum absolute atomic E-state index is 11.7. The van der Waals surface area contributed by atoms with E-state index < -0.39 is 0 Å². The van der Waals surface area contributed by atoms with Crippen LogP contribution in [-0.2, 0) is 11.2 Å². The molecule has 5 heteroatoms. The van der Waals surface area contributed by atoms with Crippen molar-refractivity contribution in [2.24, 2.45) is 11.7 Å². The predicted octanol–water partition coefficient (Wildman–Crippen LogP) is 3.09. The maximum Gasteiger partial charge on any atom is 0.221 e. The number of likely N-dealkylation sites (N-methyl/N-ethyl adjacent to an activating group) is 1. The summed E-state index contributed by atoms with van der Waals surface area (Å²) < 4.78 is 2.39. The summed E-state index contributed by atoms with van der Waals surface area (Å²) in [7, 11) is 2.14. The average Bonchev–Trinajstić information content (AvgIpc) is 2.88. The zero-order valence-corrected chi connectivity index (χ0v) is 15.3. The van der Waals surface area contributed by atoms with Gasteiger partial charge in [0.05, 0.1) is 5.92 Å². The summed E-state index contributed by atoms with van der Waals surface area (Å²) >= 11 is 0. The molecule has 1 aromatic heterocycles. The molecule has 1 aromatic carbocycles. The SMILES string of the molecule is CC(C)n1cc2c3c(cccc31)[C@H]1CC(C(N)=O)CN(C)[C@@H]1C2.Cl. The van der Waals surface area contributed by atoms with Crippen LogP contribution in [0.2, 0.25) is 0 Å². The molecule has 0 saturated carbocycles. The molecule has 1 aliphatic carbocycles. The highest BCUT2D eigenvalue weighted by molar-refractivity contribution is 5.89. The van der Waals surface area contributed by atoms with Gasteiger partial charge < -0.3 is 15.2 Å². The Morgan fingerprint density at radius 1 is 1.33 bits per heavy atom. The number of amides is 1.